The average molecular weight is 270 g/mol. The molecule has 0 saturated carbocycles. The molecule has 1 saturated heterocycles. The molecule has 3 N–H and O–H groups in total. The van der Waals surface area contributed by atoms with Gasteiger partial charge < -0.3 is 9.80 Å². The van der Waals surface area contributed by atoms with Crippen LogP contribution in [0.1, 0.15) is 13.3 Å². The van der Waals surface area contributed by atoms with E-state index >= 15 is 0 Å². The number of quaternary nitrogens is 2. The molecule has 2 heterocycles. The van der Waals surface area contributed by atoms with E-state index in [4.69, 9.17) is 0 Å². The van der Waals surface area contributed by atoms with Gasteiger partial charge in [0.1, 0.15) is 26.2 Å². The number of hydrogen-bond donors (Lipinski definition) is 3. The highest BCUT2D eigenvalue weighted by atomic mass is 32.1. The Hall–Kier alpha value is -0.980. The topological polar surface area (TPSA) is 50.9 Å². The summed E-state index contributed by atoms with van der Waals surface area (Å²) in [5.74, 6) is 0.0823. The Labute approximate surface area is 112 Å². The molecule has 100 valence electrons. The van der Waals surface area contributed by atoms with Crippen molar-refractivity contribution in [1.82, 2.24) is 4.98 Å². The molecular formula is C12H22N4OS+2. The van der Waals surface area contributed by atoms with Crippen LogP contribution < -0.4 is 15.1 Å². The Morgan fingerprint density at radius 2 is 2.11 bits per heavy atom. The van der Waals surface area contributed by atoms with E-state index in [-0.39, 0.29) is 5.91 Å². The number of aromatic nitrogens is 1. The number of nitrogens with zero attached hydrogens (tertiary/aromatic N) is 1. The molecule has 0 aliphatic carbocycles. The molecule has 1 aromatic rings. The number of hydrogen-bond acceptors (Lipinski definition) is 3. The highest BCUT2D eigenvalue weighted by Crippen LogP contribution is 2.09. The zero-order chi connectivity index (χ0) is 12.8. The number of piperazine rings is 1. The van der Waals surface area contributed by atoms with Gasteiger partial charge >= 0.3 is 0 Å². The number of carbonyl (C=O) groups is 1. The molecule has 0 unspecified atom stereocenters. The van der Waals surface area contributed by atoms with Gasteiger partial charge in [-0.05, 0) is 6.42 Å². The number of carbonyl (C=O) groups excluding carboxylic acids is 1. The molecule has 0 spiro atoms. The second kappa shape index (κ2) is 6.82. The van der Waals surface area contributed by atoms with E-state index in [1.54, 1.807) is 11.1 Å². The standard InChI is InChI=1S/C12H20N4OS/c1-2-4-15-5-7-16(8-6-15)10-11(17)14-12-13-3-9-18-12/h3,9H,2,4-8,10H2,1H3,(H,13,14,17)/p+2. The Bertz CT molecular complexity index is 360. The Balaban J connectivity index is 1.69. The zero-order valence-corrected chi connectivity index (χ0v) is 11.7. The van der Waals surface area contributed by atoms with E-state index in [9.17, 15) is 4.79 Å². The van der Waals surface area contributed by atoms with Crippen LogP contribution in [0.4, 0.5) is 5.13 Å². The minimum atomic E-state index is 0.0823. The van der Waals surface area contributed by atoms with E-state index in [0.717, 1.165) is 13.1 Å². The van der Waals surface area contributed by atoms with Crippen molar-refractivity contribution in [3.05, 3.63) is 11.6 Å². The lowest BCUT2D eigenvalue weighted by molar-refractivity contribution is -1.01. The van der Waals surface area contributed by atoms with Gasteiger partial charge in [-0.1, -0.05) is 6.92 Å². The number of thiazole rings is 1. The lowest BCUT2D eigenvalue weighted by atomic mass is 10.3. The summed E-state index contributed by atoms with van der Waals surface area (Å²) in [5, 5.41) is 5.42. The average Bonchev–Trinajstić information content (AvgIpc) is 2.84. The lowest BCUT2D eigenvalue weighted by Gasteiger charge is -2.28. The molecule has 5 nitrogen and oxygen atoms in total. The maximum atomic E-state index is 11.8. The predicted molar refractivity (Wildman–Crippen MR) is 72.2 cm³/mol. The number of nitrogens with one attached hydrogen (secondary N) is 3. The van der Waals surface area contributed by atoms with Gasteiger partial charge in [-0.3, -0.25) is 10.1 Å². The molecule has 0 atom stereocenters. The van der Waals surface area contributed by atoms with Crippen molar-refractivity contribution < 1.29 is 14.6 Å². The zero-order valence-electron chi connectivity index (χ0n) is 10.9. The van der Waals surface area contributed by atoms with Crippen molar-refractivity contribution in [2.45, 2.75) is 13.3 Å². The van der Waals surface area contributed by atoms with Crippen molar-refractivity contribution in [2.24, 2.45) is 0 Å². The smallest absolute Gasteiger partial charge is 0.281 e. The Morgan fingerprint density at radius 3 is 2.72 bits per heavy atom. The second-order valence-corrected chi connectivity index (χ2v) is 5.71. The molecule has 1 fully saturated rings. The Kier molecular flexibility index (Phi) is 5.10. The fourth-order valence-corrected chi connectivity index (χ4v) is 2.96. The molecule has 1 amide bonds. The second-order valence-electron chi connectivity index (χ2n) is 4.81. The number of anilines is 1. The summed E-state index contributed by atoms with van der Waals surface area (Å²) in [7, 11) is 0. The minimum absolute atomic E-state index is 0.0823. The summed E-state index contributed by atoms with van der Waals surface area (Å²) in [6.07, 6.45) is 2.95. The molecule has 1 aliphatic heterocycles. The highest BCUT2D eigenvalue weighted by molar-refractivity contribution is 7.13. The van der Waals surface area contributed by atoms with Crippen molar-refractivity contribution in [1.29, 1.82) is 0 Å². The van der Waals surface area contributed by atoms with E-state index < -0.39 is 0 Å². The van der Waals surface area contributed by atoms with Crippen molar-refractivity contribution in [2.75, 3.05) is 44.6 Å². The van der Waals surface area contributed by atoms with Gasteiger partial charge in [0.2, 0.25) is 0 Å². The van der Waals surface area contributed by atoms with E-state index in [1.165, 1.54) is 42.3 Å². The van der Waals surface area contributed by atoms with Crippen LogP contribution in [0.5, 0.6) is 0 Å². The van der Waals surface area contributed by atoms with Crippen LogP contribution in [0.15, 0.2) is 11.6 Å². The van der Waals surface area contributed by atoms with Crippen LogP contribution in [0, 0.1) is 0 Å². The third-order valence-electron chi connectivity index (χ3n) is 3.36. The van der Waals surface area contributed by atoms with Gasteiger partial charge in [-0.15, -0.1) is 11.3 Å². The largest absolute Gasteiger partial charge is 0.326 e. The van der Waals surface area contributed by atoms with Crippen LogP contribution >= 0.6 is 11.3 Å². The fraction of sp³-hybridized carbons (Fsp3) is 0.667. The molecular weight excluding hydrogens is 248 g/mol. The maximum absolute atomic E-state index is 11.8. The van der Waals surface area contributed by atoms with E-state index in [1.807, 2.05) is 5.38 Å². The molecule has 2 rings (SSSR count). The maximum Gasteiger partial charge on any atom is 0.281 e. The summed E-state index contributed by atoms with van der Waals surface area (Å²) in [6.45, 7) is 8.63. The van der Waals surface area contributed by atoms with Crippen LogP contribution in [0.2, 0.25) is 0 Å². The van der Waals surface area contributed by atoms with Crippen molar-refractivity contribution >= 4 is 22.4 Å². The van der Waals surface area contributed by atoms with Crippen molar-refractivity contribution in [3.63, 3.8) is 0 Å². The van der Waals surface area contributed by atoms with Crippen LogP contribution in [-0.4, -0.2) is 50.2 Å². The van der Waals surface area contributed by atoms with Gasteiger partial charge in [0.25, 0.3) is 5.91 Å². The number of amides is 1. The monoisotopic (exact) mass is 270 g/mol. The van der Waals surface area contributed by atoms with Gasteiger partial charge in [-0.2, -0.15) is 0 Å². The third kappa shape index (κ3) is 4.04. The third-order valence-corrected chi connectivity index (χ3v) is 4.05. The summed E-state index contributed by atoms with van der Waals surface area (Å²) in [4.78, 5) is 18.9. The number of rotatable bonds is 5. The fourth-order valence-electron chi connectivity index (χ4n) is 2.41. The van der Waals surface area contributed by atoms with Gasteiger partial charge in [-0.25, -0.2) is 4.98 Å². The molecule has 18 heavy (non-hydrogen) atoms. The minimum Gasteiger partial charge on any atom is -0.326 e. The molecule has 0 aromatic carbocycles. The van der Waals surface area contributed by atoms with E-state index in [2.05, 4.69) is 17.2 Å². The quantitative estimate of drug-likeness (QED) is 0.596. The molecule has 1 aliphatic rings. The lowest BCUT2D eigenvalue weighted by Crippen LogP contribution is -3.28. The first kappa shape index (κ1) is 13.5. The van der Waals surface area contributed by atoms with Gasteiger partial charge in [0.15, 0.2) is 11.7 Å². The first-order valence-electron chi connectivity index (χ1n) is 6.64. The first-order chi connectivity index (χ1) is 8.78. The summed E-state index contributed by atoms with van der Waals surface area (Å²) < 4.78 is 0. The SMILES string of the molecule is CCC[NH+]1CC[NH+](CC(=O)Nc2nccs2)CC1. The van der Waals surface area contributed by atoms with Crippen LogP contribution in [-0.2, 0) is 4.79 Å². The van der Waals surface area contributed by atoms with E-state index in [0.29, 0.717) is 11.7 Å². The van der Waals surface area contributed by atoms with Crippen LogP contribution in [0.25, 0.3) is 0 Å². The van der Waals surface area contributed by atoms with Gasteiger partial charge in [0, 0.05) is 11.6 Å². The molecule has 0 bridgehead atoms. The molecule has 1 aromatic heterocycles. The summed E-state index contributed by atoms with van der Waals surface area (Å²) in [5.41, 5.74) is 0. The molecule has 0 radical (unpaired) electrons. The summed E-state index contributed by atoms with van der Waals surface area (Å²) in [6, 6.07) is 0. The summed E-state index contributed by atoms with van der Waals surface area (Å²) >= 11 is 1.46. The highest BCUT2D eigenvalue weighted by Gasteiger charge is 2.24. The normalized spacial score (nSPS) is 23.8. The van der Waals surface area contributed by atoms with Crippen LogP contribution in [0.3, 0.4) is 0 Å². The first-order valence-corrected chi connectivity index (χ1v) is 7.52. The molecule has 6 heteroatoms. The predicted octanol–water partition coefficient (Wildman–Crippen LogP) is -1.72. The van der Waals surface area contributed by atoms with Crippen molar-refractivity contribution in [3.8, 4) is 0 Å². The Morgan fingerprint density at radius 1 is 1.39 bits per heavy atom. The van der Waals surface area contributed by atoms with Gasteiger partial charge in [0.05, 0.1) is 6.54 Å².